The van der Waals surface area contributed by atoms with Gasteiger partial charge in [-0.25, -0.2) is 4.98 Å². The van der Waals surface area contributed by atoms with Crippen molar-refractivity contribution < 1.29 is 27.4 Å². The highest BCUT2D eigenvalue weighted by atomic mass is 32.1. The van der Waals surface area contributed by atoms with E-state index in [0.29, 0.717) is 12.1 Å². The SMILES string of the molecule is C[NH+]1CCC(CNC(=O)c2cccc(-c3noc(C(F)(F)F)n3)c2)(c2nc(-c3ccccc3)cs2)CC1. The van der Waals surface area contributed by atoms with E-state index < -0.39 is 12.1 Å². The molecule has 7 nitrogen and oxygen atoms in total. The van der Waals surface area contributed by atoms with E-state index in [1.165, 1.54) is 17.0 Å². The van der Waals surface area contributed by atoms with Gasteiger partial charge in [-0.05, 0) is 12.1 Å². The van der Waals surface area contributed by atoms with E-state index in [-0.39, 0.29) is 22.7 Å². The molecule has 4 aromatic rings. The third kappa shape index (κ3) is 5.42. The normalized spacial score (nSPS) is 20.1. The van der Waals surface area contributed by atoms with Gasteiger partial charge in [-0.3, -0.25) is 4.79 Å². The average molecular weight is 529 g/mol. The molecule has 0 unspecified atom stereocenters. The number of halogens is 3. The zero-order chi connectivity index (χ0) is 26.0. The molecule has 0 bridgehead atoms. The molecule has 3 heterocycles. The first-order chi connectivity index (χ1) is 17.7. The van der Waals surface area contributed by atoms with Crippen molar-refractivity contribution in [3.8, 4) is 22.6 Å². The molecule has 1 aliphatic heterocycles. The maximum atomic E-state index is 13.1. The van der Waals surface area contributed by atoms with Crippen molar-refractivity contribution in [2.75, 3.05) is 26.7 Å². The minimum Gasteiger partial charge on any atom is -0.351 e. The van der Waals surface area contributed by atoms with Gasteiger partial charge in [-0.1, -0.05) is 47.6 Å². The fraction of sp³-hybridized carbons (Fsp3) is 0.308. The number of benzene rings is 2. The van der Waals surface area contributed by atoms with Crippen molar-refractivity contribution in [3.63, 3.8) is 0 Å². The van der Waals surface area contributed by atoms with Crippen LogP contribution in [0.2, 0.25) is 0 Å². The van der Waals surface area contributed by atoms with Crippen LogP contribution in [0, 0.1) is 0 Å². The highest BCUT2D eigenvalue weighted by Gasteiger charge is 2.41. The van der Waals surface area contributed by atoms with Gasteiger partial charge >= 0.3 is 12.1 Å². The van der Waals surface area contributed by atoms with Crippen LogP contribution in [0.25, 0.3) is 22.6 Å². The van der Waals surface area contributed by atoms with E-state index in [9.17, 15) is 18.0 Å². The van der Waals surface area contributed by atoms with Crippen LogP contribution in [-0.4, -0.2) is 47.7 Å². The summed E-state index contributed by atoms with van der Waals surface area (Å²) < 4.78 is 42.8. The lowest BCUT2D eigenvalue weighted by Crippen LogP contribution is -3.10. The lowest BCUT2D eigenvalue weighted by Gasteiger charge is -2.37. The van der Waals surface area contributed by atoms with Crippen LogP contribution < -0.4 is 10.2 Å². The van der Waals surface area contributed by atoms with Gasteiger partial charge in [0.05, 0.1) is 31.2 Å². The minimum absolute atomic E-state index is 0.229. The summed E-state index contributed by atoms with van der Waals surface area (Å²) in [5.41, 5.74) is 2.24. The number of aromatic nitrogens is 3. The molecule has 1 aliphatic rings. The third-order valence-corrected chi connectivity index (χ3v) is 7.82. The second kappa shape index (κ2) is 10.1. The number of amides is 1. The highest BCUT2D eigenvalue weighted by Crippen LogP contribution is 2.36. The van der Waals surface area contributed by atoms with Gasteiger partial charge in [-0.15, -0.1) is 11.3 Å². The summed E-state index contributed by atoms with van der Waals surface area (Å²) in [6.45, 7) is 2.33. The fourth-order valence-corrected chi connectivity index (χ4v) is 5.58. The van der Waals surface area contributed by atoms with Gasteiger partial charge in [0.2, 0.25) is 5.82 Å². The lowest BCUT2D eigenvalue weighted by atomic mass is 9.78. The first-order valence-corrected chi connectivity index (χ1v) is 12.7. The molecule has 1 fully saturated rings. The van der Waals surface area contributed by atoms with Crippen LogP contribution in [0.4, 0.5) is 13.2 Å². The molecular formula is C26H25F3N5O2S+. The second-order valence-electron chi connectivity index (χ2n) is 9.33. The third-order valence-electron chi connectivity index (χ3n) is 6.73. The van der Waals surface area contributed by atoms with Gasteiger partial charge in [0.25, 0.3) is 5.91 Å². The maximum Gasteiger partial charge on any atom is 0.471 e. The molecule has 2 aromatic heterocycles. The standard InChI is InChI=1S/C26H24F3N5O2S/c1-34-12-10-25(11-13-34,24-31-20(15-37-24)17-6-3-2-4-7-17)16-30-22(35)19-9-5-8-18(14-19)21-32-23(36-33-21)26(27,28)29/h2-9,14-15H,10-13,16H2,1H3,(H,30,35)/p+1. The Morgan fingerprint density at radius 2 is 1.81 bits per heavy atom. The van der Waals surface area contributed by atoms with Gasteiger partial charge in [0.15, 0.2) is 0 Å². The molecule has 0 atom stereocenters. The molecule has 0 spiro atoms. The summed E-state index contributed by atoms with van der Waals surface area (Å²) in [6.07, 6.45) is -2.98. The Morgan fingerprint density at radius 3 is 2.51 bits per heavy atom. The van der Waals surface area contributed by atoms with Crippen LogP contribution in [0.5, 0.6) is 0 Å². The number of rotatable bonds is 6. The Morgan fingerprint density at radius 1 is 1.08 bits per heavy atom. The van der Waals surface area contributed by atoms with Crippen molar-refractivity contribution in [1.29, 1.82) is 0 Å². The molecule has 2 N–H and O–H groups in total. The average Bonchev–Trinajstić information content (AvgIpc) is 3.60. The monoisotopic (exact) mass is 528 g/mol. The summed E-state index contributed by atoms with van der Waals surface area (Å²) in [6, 6.07) is 16.2. The van der Waals surface area contributed by atoms with Gasteiger partial charge in [0, 0.05) is 41.5 Å². The van der Waals surface area contributed by atoms with Crippen molar-refractivity contribution in [1.82, 2.24) is 20.4 Å². The number of likely N-dealkylation sites (tertiary alicyclic amines) is 1. The molecule has 5 rings (SSSR count). The summed E-state index contributed by atoms with van der Waals surface area (Å²) >= 11 is 1.61. The van der Waals surface area contributed by atoms with Crippen molar-refractivity contribution >= 4 is 17.2 Å². The van der Waals surface area contributed by atoms with E-state index in [1.54, 1.807) is 23.5 Å². The highest BCUT2D eigenvalue weighted by molar-refractivity contribution is 7.10. The van der Waals surface area contributed by atoms with Crippen LogP contribution in [0.15, 0.2) is 64.5 Å². The van der Waals surface area contributed by atoms with Crippen LogP contribution in [-0.2, 0) is 11.6 Å². The maximum absolute atomic E-state index is 13.1. The van der Waals surface area contributed by atoms with Crippen molar-refractivity contribution in [3.05, 3.63) is 76.4 Å². The molecule has 192 valence electrons. The number of quaternary nitrogens is 1. The Kier molecular flexibility index (Phi) is 6.82. The van der Waals surface area contributed by atoms with Crippen molar-refractivity contribution in [2.45, 2.75) is 24.4 Å². The number of nitrogens with one attached hydrogen (secondary N) is 2. The molecule has 1 amide bonds. The molecule has 0 saturated carbocycles. The van der Waals surface area contributed by atoms with Crippen LogP contribution >= 0.6 is 11.3 Å². The Hall–Kier alpha value is -3.57. The Balaban J connectivity index is 1.35. The first kappa shape index (κ1) is 25.1. The van der Waals surface area contributed by atoms with E-state index >= 15 is 0 Å². The number of piperidine rings is 1. The number of hydrogen-bond acceptors (Lipinski definition) is 6. The number of alkyl halides is 3. The van der Waals surface area contributed by atoms with Gasteiger partial charge < -0.3 is 14.7 Å². The molecule has 37 heavy (non-hydrogen) atoms. The number of carbonyl (C=O) groups is 1. The molecule has 2 aromatic carbocycles. The summed E-state index contributed by atoms with van der Waals surface area (Å²) in [5.74, 6) is -1.98. The number of carbonyl (C=O) groups excluding carboxylic acids is 1. The van der Waals surface area contributed by atoms with Gasteiger partial charge in [-0.2, -0.15) is 18.2 Å². The second-order valence-corrected chi connectivity index (χ2v) is 10.2. The van der Waals surface area contributed by atoms with Crippen molar-refractivity contribution in [2.24, 2.45) is 0 Å². The predicted molar refractivity (Wildman–Crippen MR) is 132 cm³/mol. The summed E-state index contributed by atoms with van der Waals surface area (Å²) in [4.78, 5) is 22.9. The minimum atomic E-state index is -4.74. The summed E-state index contributed by atoms with van der Waals surface area (Å²) in [7, 11) is 2.16. The molecule has 1 saturated heterocycles. The first-order valence-electron chi connectivity index (χ1n) is 11.9. The van der Waals surface area contributed by atoms with Gasteiger partial charge in [0.1, 0.15) is 5.01 Å². The zero-order valence-corrected chi connectivity index (χ0v) is 20.8. The van der Waals surface area contributed by atoms with E-state index in [4.69, 9.17) is 4.98 Å². The topological polar surface area (TPSA) is 85.4 Å². The molecule has 0 radical (unpaired) electrons. The smallest absolute Gasteiger partial charge is 0.351 e. The predicted octanol–water partition coefficient (Wildman–Crippen LogP) is 3.86. The largest absolute Gasteiger partial charge is 0.471 e. The summed E-state index contributed by atoms with van der Waals surface area (Å²) in [5, 5.41) is 9.52. The van der Waals surface area contributed by atoms with E-state index in [0.717, 1.165) is 42.2 Å². The fourth-order valence-electron chi connectivity index (χ4n) is 4.49. The molecular weight excluding hydrogens is 503 g/mol. The molecule has 0 aliphatic carbocycles. The quantitative estimate of drug-likeness (QED) is 0.397. The van der Waals surface area contributed by atoms with Crippen LogP contribution in [0.3, 0.4) is 0 Å². The van der Waals surface area contributed by atoms with E-state index in [1.807, 2.05) is 30.3 Å². The lowest BCUT2D eigenvalue weighted by molar-refractivity contribution is -0.886. The number of nitrogens with zero attached hydrogens (tertiary/aromatic N) is 3. The Labute approximate surface area is 215 Å². The number of hydrogen-bond donors (Lipinski definition) is 2. The number of thiazole rings is 1. The van der Waals surface area contributed by atoms with Crippen LogP contribution in [0.1, 0.15) is 34.1 Å². The van der Waals surface area contributed by atoms with E-state index in [2.05, 4.69) is 32.4 Å². The Bertz CT molecular complexity index is 1380. The zero-order valence-electron chi connectivity index (χ0n) is 20.0. The molecule has 11 heteroatoms.